The second kappa shape index (κ2) is 8.93. The van der Waals surface area contributed by atoms with Gasteiger partial charge in [-0.3, -0.25) is 9.89 Å². The standard InChI is InChI=1S/C22H14F6N4O3S/c23-21(24,25)15-3-6-18(17(8-15)22(26,27)28)36(34,35)16-4-1-12(2-5-16)9-30-20(33)14-7-13-11-31-32-19(13)29-10-14/h1-8,10-11H,9H2,(H,30,33)(H,29,31,32). The van der Waals surface area contributed by atoms with E-state index in [1.807, 2.05) is 0 Å². The van der Waals surface area contributed by atoms with Crippen molar-refractivity contribution in [3.63, 3.8) is 0 Å². The Balaban J connectivity index is 1.55. The number of nitrogens with zero attached hydrogens (tertiary/aromatic N) is 2. The van der Waals surface area contributed by atoms with E-state index in [0.29, 0.717) is 22.7 Å². The van der Waals surface area contributed by atoms with Gasteiger partial charge < -0.3 is 5.32 Å². The van der Waals surface area contributed by atoms with E-state index in [1.165, 1.54) is 24.5 Å². The van der Waals surface area contributed by atoms with E-state index in [4.69, 9.17) is 0 Å². The molecule has 0 aliphatic rings. The summed E-state index contributed by atoms with van der Waals surface area (Å²) in [5.74, 6) is -0.484. The Bertz CT molecular complexity index is 1540. The molecule has 0 spiro atoms. The quantitative estimate of drug-likeness (QED) is 0.364. The fraction of sp³-hybridized carbons (Fsp3) is 0.136. The molecular formula is C22H14F6N4O3S. The second-order valence-corrected chi connectivity index (χ2v) is 9.49. The van der Waals surface area contributed by atoms with Crippen molar-refractivity contribution in [1.29, 1.82) is 0 Å². The van der Waals surface area contributed by atoms with Crippen LogP contribution >= 0.6 is 0 Å². The fourth-order valence-corrected chi connectivity index (χ4v) is 4.78. The molecule has 4 aromatic rings. The minimum Gasteiger partial charge on any atom is -0.348 e. The van der Waals surface area contributed by atoms with Crippen LogP contribution in [-0.4, -0.2) is 29.5 Å². The maximum Gasteiger partial charge on any atom is 0.417 e. The van der Waals surface area contributed by atoms with Gasteiger partial charge >= 0.3 is 12.4 Å². The Morgan fingerprint density at radius 3 is 2.25 bits per heavy atom. The summed E-state index contributed by atoms with van der Waals surface area (Å²) in [6, 6.07) is 6.44. The van der Waals surface area contributed by atoms with Crippen molar-refractivity contribution in [2.45, 2.75) is 28.7 Å². The lowest BCUT2D eigenvalue weighted by Crippen LogP contribution is -2.23. The minimum absolute atomic E-state index is 0.0450. The van der Waals surface area contributed by atoms with E-state index in [1.54, 1.807) is 6.07 Å². The molecule has 2 N–H and O–H groups in total. The predicted molar refractivity (Wildman–Crippen MR) is 113 cm³/mol. The summed E-state index contributed by atoms with van der Waals surface area (Å²) in [5.41, 5.74) is -2.39. The zero-order chi connectivity index (χ0) is 26.3. The third-order valence-corrected chi connectivity index (χ3v) is 6.97. The zero-order valence-electron chi connectivity index (χ0n) is 17.8. The molecule has 2 aromatic heterocycles. The Labute approximate surface area is 199 Å². The van der Waals surface area contributed by atoms with E-state index in [2.05, 4.69) is 20.5 Å². The van der Waals surface area contributed by atoms with Crippen molar-refractivity contribution >= 4 is 26.8 Å². The van der Waals surface area contributed by atoms with Gasteiger partial charge in [0.25, 0.3) is 5.91 Å². The normalized spacial score (nSPS) is 12.6. The fourth-order valence-electron chi connectivity index (χ4n) is 3.32. The number of nitrogens with one attached hydrogen (secondary N) is 2. The first-order chi connectivity index (χ1) is 16.8. The summed E-state index contributed by atoms with van der Waals surface area (Å²) < 4.78 is 105. The van der Waals surface area contributed by atoms with Crippen LogP contribution in [0.3, 0.4) is 0 Å². The van der Waals surface area contributed by atoms with Crippen molar-refractivity contribution in [3.8, 4) is 0 Å². The van der Waals surface area contributed by atoms with E-state index in [-0.39, 0.29) is 24.2 Å². The van der Waals surface area contributed by atoms with Gasteiger partial charge in [-0.25, -0.2) is 13.4 Å². The molecule has 7 nitrogen and oxygen atoms in total. The van der Waals surface area contributed by atoms with Crippen molar-refractivity contribution in [3.05, 3.63) is 83.2 Å². The third kappa shape index (κ3) is 5.03. The molecule has 0 radical (unpaired) electrons. The summed E-state index contributed by atoms with van der Waals surface area (Å²) >= 11 is 0. The molecule has 2 heterocycles. The number of alkyl halides is 6. The van der Waals surface area contributed by atoms with Gasteiger partial charge in [-0.2, -0.15) is 31.4 Å². The minimum atomic E-state index is -5.35. The lowest BCUT2D eigenvalue weighted by molar-refractivity contribution is -0.144. The van der Waals surface area contributed by atoms with Crippen LogP contribution < -0.4 is 5.32 Å². The number of fused-ring (bicyclic) bond motifs is 1. The van der Waals surface area contributed by atoms with Crippen molar-refractivity contribution in [2.75, 3.05) is 0 Å². The highest BCUT2D eigenvalue weighted by molar-refractivity contribution is 7.91. The summed E-state index contributed by atoms with van der Waals surface area (Å²) in [7, 11) is -4.81. The zero-order valence-corrected chi connectivity index (χ0v) is 18.6. The number of pyridine rings is 1. The van der Waals surface area contributed by atoms with Crippen LogP contribution in [0.2, 0.25) is 0 Å². The Kier molecular flexibility index (Phi) is 6.24. The van der Waals surface area contributed by atoms with Crippen molar-refractivity contribution < 1.29 is 39.6 Å². The molecule has 0 aliphatic heterocycles. The number of aromatic nitrogens is 3. The van der Waals surface area contributed by atoms with Crippen molar-refractivity contribution in [2.24, 2.45) is 0 Å². The van der Waals surface area contributed by atoms with Gasteiger partial charge in [0.2, 0.25) is 9.84 Å². The number of hydrogen-bond donors (Lipinski definition) is 2. The molecule has 0 unspecified atom stereocenters. The molecule has 4 rings (SSSR count). The highest BCUT2D eigenvalue weighted by Crippen LogP contribution is 2.40. The highest BCUT2D eigenvalue weighted by Gasteiger charge is 2.41. The molecule has 0 atom stereocenters. The molecule has 0 saturated heterocycles. The molecule has 0 aliphatic carbocycles. The first-order valence-corrected chi connectivity index (χ1v) is 11.4. The van der Waals surface area contributed by atoms with Gasteiger partial charge in [0.05, 0.1) is 32.7 Å². The Morgan fingerprint density at radius 1 is 0.917 bits per heavy atom. The van der Waals surface area contributed by atoms with Gasteiger partial charge in [0, 0.05) is 18.1 Å². The van der Waals surface area contributed by atoms with Crippen LogP contribution in [0.25, 0.3) is 11.0 Å². The van der Waals surface area contributed by atoms with Crippen LogP contribution in [0.15, 0.2) is 70.7 Å². The SMILES string of the molecule is O=C(NCc1ccc(S(=O)(=O)c2ccc(C(F)(F)F)cc2C(F)(F)F)cc1)c1cnc2[nH]ncc2c1. The van der Waals surface area contributed by atoms with E-state index < -0.39 is 49.0 Å². The largest absolute Gasteiger partial charge is 0.417 e. The van der Waals surface area contributed by atoms with Crippen LogP contribution in [0.5, 0.6) is 0 Å². The molecule has 1 amide bonds. The summed E-state index contributed by atoms with van der Waals surface area (Å²) in [4.78, 5) is 14.5. The van der Waals surface area contributed by atoms with Crippen LogP contribution in [0.4, 0.5) is 26.3 Å². The average Bonchev–Trinajstić information content (AvgIpc) is 3.29. The van der Waals surface area contributed by atoms with Crippen molar-refractivity contribution in [1.82, 2.24) is 20.5 Å². The van der Waals surface area contributed by atoms with Crippen LogP contribution in [-0.2, 0) is 28.7 Å². The van der Waals surface area contributed by atoms with Gasteiger partial charge in [-0.15, -0.1) is 0 Å². The monoisotopic (exact) mass is 528 g/mol. The molecule has 0 fully saturated rings. The Morgan fingerprint density at radius 2 is 1.61 bits per heavy atom. The predicted octanol–water partition coefficient (Wildman–Crippen LogP) is 4.76. The number of aromatic amines is 1. The van der Waals surface area contributed by atoms with Gasteiger partial charge in [-0.1, -0.05) is 12.1 Å². The number of H-pyrrole nitrogens is 1. The van der Waals surface area contributed by atoms with Crippen LogP contribution in [0, 0.1) is 0 Å². The van der Waals surface area contributed by atoms with Gasteiger partial charge in [-0.05, 0) is 42.0 Å². The molecule has 0 bridgehead atoms. The third-order valence-electron chi connectivity index (χ3n) is 5.14. The van der Waals surface area contributed by atoms with E-state index in [0.717, 1.165) is 12.1 Å². The molecular weight excluding hydrogens is 514 g/mol. The first-order valence-electron chi connectivity index (χ1n) is 9.96. The number of halogens is 6. The molecule has 14 heteroatoms. The van der Waals surface area contributed by atoms with Crippen LogP contribution in [0.1, 0.15) is 27.0 Å². The Hall–Kier alpha value is -3.94. The smallest absolute Gasteiger partial charge is 0.348 e. The number of sulfone groups is 1. The summed E-state index contributed by atoms with van der Waals surface area (Å²) in [6.07, 6.45) is -7.62. The van der Waals surface area contributed by atoms with E-state index in [9.17, 15) is 39.6 Å². The van der Waals surface area contributed by atoms with Gasteiger partial charge in [0.1, 0.15) is 0 Å². The second-order valence-electron chi connectivity index (χ2n) is 7.57. The number of carbonyl (C=O) groups excluding carboxylic acids is 1. The number of carbonyl (C=O) groups is 1. The average molecular weight is 528 g/mol. The highest BCUT2D eigenvalue weighted by atomic mass is 32.2. The molecule has 36 heavy (non-hydrogen) atoms. The maximum absolute atomic E-state index is 13.4. The van der Waals surface area contributed by atoms with E-state index >= 15 is 0 Å². The summed E-state index contributed by atoms with van der Waals surface area (Å²) in [6.45, 7) is -0.0450. The maximum atomic E-state index is 13.4. The number of benzene rings is 2. The molecule has 0 saturated carbocycles. The summed E-state index contributed by atoms with van der Waals surface area (Å²) in [5, 5.41) is 9.64. The molecule has 188 valence electrons. The lowest BCUT2D eigenvalue weighted by Gasteiger charge is -2.16. The number of hydrogen-bond acceptors (Lipinski definition) is 5. The van der Waals surface area contributed by atoms with Gasteiger partial charge in [0.15, 0.2) is 5.65 Å². The number of rotatable bonds is 5. The lowest BCUT2D eigenvalue weighted by atomic mass is 10.1. The molecule has 2 aromatic carbocycles. The number of amides is 1. The first kappa shape index (κ1) is 25.2. The topological polar surface area (TPSA) is 105 Å².